The van der Waals surface area contributed by atoms with Crippen molar-refractivity contribution in [1.29, 1.82) is 0 Å². The first-order valence-electron chi connectivity index (χ1n) is 5.72. The zero-order chi connectivity index (χ0) is 13.4. The normalized spacial score (nSPS) is 10.8. The number of nitrogen functional groups attached to an aromatic ring is 1. The molecule has 96 valence electrons. The third-order valence-electron chi connectivity index (χ3n) is 2.97. The highest BCUT2D eigenvalue weighted by molar-refractivity contribution is 6.30. The largest absolute Gasteiger partial charge is 0.469 e. The van der Waals surface area contributed by atoms with Crippen LogP contribution in [0.25, 0.3) is 22.4 Å². The lowest BCUT2D eigenvalue weighted by atomic mass is 10.0. The van der Waals surface area contributed by atoms with E-state index in [4.69, 9.17) is 26.3 Å². The zero-order valence-corrected chi connectivity index (χ0v) is 10.9. The lowest BCUT2D eigenvalue weighted by molar-refractivity contribution is 0.439. The smallest absolute Gasteiger partial charge is 0.230 e. The van der Waals surface area contributed by atoms with Gasteiger partial charge in [0.25, 0.3) is 0 Å². The second-order valence-corrected chi connectivity index (χ2v) is 4.60. The minimum atomic E-state index is 0.276. The Bertz CT molecular complexity index is 713. The van der Waals surface area contributed by atoms with Crippen LogP contribution in [0.4, 0.5) is 5.88 Å². The van der Waals surface area contributed by atoms with Crippen molar-refractivity contribution in [3.8, 4) is 22.4 Å². The molecular formula is C14H11ClN2O2. The van der Waals surface area contributed by atoms with Gasteiger partial charge >= 0.3 is 0 Å². The predicted molar refractivity (Wildman–Crippen MR) is 73.8 cm³/mol. The van der Waals surface area contributed by atoms with Crippen LogP contribution in [0.3, 0.4) is 0 Å². The number of aromatic nitrogens is 1. The Morgan fingerprint density at radius 2 is 1.89 bits per heavy atom. The van der Waals surface area contributed by atoms with E-state index in [1.165, 1.54) is 0 Å². The van der Waals surface area contributed by atoms with Gasteiger partial charge in [0.1, 0.15) is 11.5 Å². The van der Waals surface area contributed by atoms with Crippen molar-refractivity contribution < 1.29 is 8.94 Å². The molecule has 0 saturated carbocycles. The van der Waals surface area contributed by atoms with Gasteiger partial charge in [-0.3, -0.25) is 0 Å². The second-order valence-electron chi connectivity index (χ2n) is 4.17. The van der Waals surface area contributed by atoms with Crippen molar-refractivity contribution in [2.45, 2.75) is 6.92 Å². The highest BCUT2D eigenvalue weighted by Gasteiger charge is 2.19. The molecule has 0 spiro atoms. The minimum Gasteiger partial charge on any atom is -0.469 e. The van der Waals surface area contributed by atoms with Crippen LogP contribution in [0.5, 0.6) is 0 Å². The number of furan rings is 1. The Labute approximate surface area is 114 Å². The maximum atomic E-state index is 5.89. The Kier molecular flexibility index (Phi) is 2.80. The van der Waals surface area contributed by atoms with Gasteiger partial charge in [-0.25, -0.2) is 0 Å². The van der Waals surface area contributed by atoms with Crippen LogP contribution in [-0.2, 0) is 0 Å². The van der Waals surface area contributed by atoms with Gasteiger partial charge in [0.05, 0.1) is 11.8 Å². The third-order valence-corrected chi connectivity index (χ3v) is 3.22. The summed E-state index contributed by atoms with van der Waals surface area (Å²) < 4.78 is 10.4. The molecule has 0 unspecified atom stereocenters. The summed E-state index contributed by atoms with van der Waals surface area (Å²) in [4.78, 5) is 0. The van der Waals surface area contributed by atoms with Crippen LogP contribution >= 0.6 is 11.6 Å². The topological polar surface area (TPSA) is 65.2 Å². The van der Waals surface area contributed by atoms with Crippen LogP contribution in [0.15, 0.2) is 45.5 Å². The summed E-state index contributed by atoms with van der Waals surface area (Å²) in [6.07, 6.45) is 1.61. The predicted octanol–water partition coefficient (Wildman–Crippen LogP) is 4.15. The quantitative estimate of drug-likeness (QED) is 0.762. The van der Waals surface area contributed by atoms with Crippen molar-refractivity contribution in [2.24, 2.45) is 0 Å². The summed E-state index contributed by atoms with van der Waals surface area (Å²) in [7, 11) is 0. The van der Waals surface area contributed by atoms with E-state index in [0.717, 1.165) is 22.5 Å². The van der Waals surface area contributed by atoms with Gasteiger partial charge in [-0.2, -0.15) is 0 Å². The number of anilines is 1. The highest BCUT2D eigenvalue weighted by atomic mass is 35.5. The van der Waals surface area contributed by atoms with Crippen LogP contribution < -0.4 is 5.73 Å². The maximum Gasteiger partial charge on any atom is 0.230 e. The standard InChI is InChI=1S/C14H11ClN2O2/c1-8-11(6-7-18-8)13-12(14(16)19-17-13)9-2-4-10(15)5-3-9/h2-7H,16H2,1H3. The van der Waals surface area contributed by atoms with Crippen molar-refractivity contribution in [1.82, 2.24) is 5.16 Å². The Morgan fingerprint density at radius 1 is 1.16 bits per heavy atom. The van der Waals surface area contributed by atoms with Crippen LogP contribution in [0.1, 0.15) is 5.76 Å². The molecule has 0 bridgehead atoms. The molecular weight excluding hydrogens is 264 g/mol. The average molecular weight is 275 g/mol. The molecule has 0 aliphatic heterocycles. The first kappa shape index (κ1) is 11.9. The molecule has 0 fully saturated rings. The first-order chi connectivity index (χ1) is 9.16. The summed E-state index contributed by atoms with van der Waals surface area (Å²) in [5, 5.41) is 4.69. The van der Waals surface area contributed by atoms with E-state index in [-0.39, 0.29) is 5.88 Å². The Morgan fingerprint density at radius 3 is 2.53 bits per heavy atom. The number of nitrogens with zero attached hydrogens (tertiary/aromatic N) is 1. The number of halogens is 1. The van der Waals surface area contributed by atoms with E-state index < -0.39 is 0 Å². The van der Waals surface area contributed by atoms with Crippen LogP contribution in [0.2, 0.25) is 5.02 Å². The fourth-order valence-corrected chi connectivity index (χ4v) is 2.14. The number of rotatable bonds is 2. The van der Waals surface area contributed by atoms with E-state index in [0.29, 0.717) is 10.7 Å². The van der Waals surface area contributed by atoms with Gasteiger partial charge < -0.3 is 14.7 Å². The summed E-state index contributed by atoms with van der Waals surface area (Å²) in [5.41, 5.74) is 9.07. The minimum absolute atomic E-state index is 0.276. The molecule has 0 saturated heterocycles. The Balaban J connectivity index is 2.19. The zero-order valence-electron chi connectivity index (χ0n) is 10.2. The second kappa shape index (κ2) is 4.48. The molecule has 0 radical (unpaired) electrons. The number of aryl methyl sites for hydroxylation is 1. The molecule has 3 aromatic rings. The average Bonchev–Trinajstić information content (AvgIpc) is 2.97. The lowest BCUT2D eigenvalue weighted by Crippen LogP contribution is -1.87. The van der Waals surface area contributed by atoms with Gasteiger partial charge in [-0.15, -0.1) is 0 Å². The SMILES string of the molecule is Cc1occc1-c1noc(N)c1-c1ccc(Cl)cc1. The van der Waals surface area contributed by atoms with Gasteiger partial charge in [0.15, 0.2) is 0 Å². The van der Waals surface area contributed by atoms with E-state index in [2.05, 4.69) is 5.16 Å². The van der Waals surface area contributed by atoms with Gasteiger partial charge in [-0.1, -0.05) is 28.9 Å². The number of nitrogens with two attached hydrogens (primary N) is 1. The molecule has 0 aliphatic rings. The summed E-state index contributed by atoms with van der Waals surface area (Å²) >= 11 is 5.89. The van der Waals surface area contributed by atoms with E-state index in [1.807, 2.05) is 25.1 Å². The van der Waals surface area contributed by atoms with Crippen molar-refractivity contribution in [3.05, 3.63) is 47.4 Å². The Hall–Kier alpha value is -2.20. The molecule has 0 aliphatic carbocycles. The van der Waals surface area contributed by atoms with Crippen LogP contribution in [-0.4, -0.2) is 5.16 Å². The van der Waals surface area contributed by atoms with Crippen molar-refractivity contribution in [3.63, 3.8) is 0 Å². The lowest BCUT2D eigenvalue weighted by Gasteiger charge is -2.02. The third kappa shape index (κ3) is 2.00. The van der Waals surface area contributed by atoms with Crippen molar-refractivity contribution >= 4 is 17.5 Å². The monoisotopic (exact) mass is 274 g/mol. The molecule has 5 heteroatoms. The summed E-state index contributed by atoms with van der Waals surface area (Å²) in [6.45, 7) is 1.87. The molecule has 2 N–H and O–H groups in total. The van der Waals surface area contributed by atoms with Gasteiger partial charge in [0, 0.05) is 10.6 Å². The molecule has 2 heterocycles. The number of benzene rings is 1. The molecule has 1 aromatic carbocycles. The molecule has 3 rings (SSSR count). The fraction of sp³-hybridized carbons (Fsp3) is 0.0714. The fourth-order valence-electron chi connectivity index (χ4n) is 2.01. The number of hydrogen-bond acceptors (Lipinski definition) is 4. The van der Waals surface area contributed by atoms with Gasteiger partial charge in [-0.05, 0) is 30.7 Å². The maximum absolute atomic E-state index is 5.89. The van der Waals surface area contributed by atoms with Crippen molar-refractivity contribution in [2.75, 3.05) is 5.73 Å². The first-order valence-corrected chi connectivity index (χ1v) is 6.10. The van der Waals surface area contributed by atoms with E-state index >= 15 is 0 Å². The molecule has 0 amide bonds. The molecule has 19 heavy (non-hydrogen) atoms. The summed E-state index contributed by atoms with van der Waals surface area (Å²) in [5.74, 6) is 1.04. The molecule has 4 nitrogen and oxygen atoms in total. The summed E-state index contributed by atoms with van der Waals surface area (Å²) in [6, 6.07) is 9.20. The molecule has 0 atom stereocenters. The molecule has 2 aromatic heterocycles. The van der Waals surface area contributed by atoms with Gasteiger partial charge in [0.2, 0.25) is 5.88 Å². The van der Waals surface area contributed by atoms with E-state index in [9.17, 15) is 0 Å². The number of hydrogen-bond donors (Lipinski definition) is 1. The van der Waals surface area contributed by atoms with Crippen LogP contribution in [0, 0.1) is 6.92 Å². The highest BCUT2D eigenvalue weighted by Crippen LogP contribution is 2.37. The van der Waals surface area contributed by atoms with E-state index in [1.54, 1.807) is 18.4 Å².